The molecular formula is C32H31N5O4. The number of aromatic amines is 1. The van der Waals surface area contributed by atoms with Crippen LogP contribution in [0.15, 0.2) is 95.4 Å². The van der Waals surface area contributed by atoms with Gasteiger partial charge in [0.25, 0.3) is 17.4 Å². The molecule has 0 saturated carbocycles. The Morgan fingerprint density at radius 3 is 2.00 bits per heavy atom. The van der Waals surface area contributed by atoms with Crippen LogP contribution in [0.2, 0.25) is 0 Å². The van der Waals surface area contributed by atoms with Crippen LogP contribution in [0.1, 0.15) is 12.5 Å². The molecule has 0 radical (unpaired) electrons. The van der Waals surface area contributed by atoms with E-state index in [-0.39, 0.29) is 16.8 Å². The molecule has 3 aromatic carbocycles. The number of nitrogens with one attached hydrogen (secondary N) is 1. The lowest BCUT2D eigenvalue weighted by Gasteiger charge is -2.35. The van der Waals surface area contributed by atoms with Gasteiger partial charge in [-0.2, -0.15) is 0 Å². The van der Waals surface area contributed by atoms with Crippen LogP contribution in [0.4, 0.5) is 5.69 Å². The van der Waals surface area contributed by atoms with Gasteiger partial charge in [-0.05, 0) is 42.9 Å². The third-order valence-corrected chi connectivity index (χ3v) is 7.74. The van der Waals surface area contributed by atoms with Crippen LogP contribution in [-0.4, -0.2) is 71.2 Å². The predicted molar refractivity (Wildman–Crippen MR) is 158 cm³/mol. The molecule has 0 atom stereocenters. The average Bonchev–Trinajstić information content (AvgIpc) is 3.50. The number of likely N-dealkylation sites (N-methyl/N-ethyl adjacent to an activating group) is 1. The summed E-state index contributed by atoms with van der Waals surface area (Å²) >= 11 is 0. The molecule has 9 heteroatoms. The lowest BCUT2D eigenvalue weighted by molar-refractivity contribution is -0.120. The largest absolute Gasteiger partial charge is 0.497 e. The van der Waals surface area contributed by atoms with Gasteiger partial charge in [0.1, 0.15) is 11.4 Å². The summed E-state index contributed by atoms with van der Waals surface area (Å²) in [5, 5.41) is 3.25. The summed E-state index contributed by atoms with van der Waals surface area (Å²) in [6, 6.07) is 25.4. The fourth-order valence-electron chi connectivity index (χ4n) is 5.53. The van der Waals surface area contributed by atoms with Crippen molar-refractivity contribution in [3.8, 4) is 22.7 Å². The number of benzene rings is 3. The minimum Gasteiger partial charge on any atom is -0.497 e. The standard InChI is InChI=1S/C32H31N5O4/c1-3-34-18-20-35(21-19-34)29-27(30(38)36(32(29)40)23-14-16-25(41-2)17-15-23)26-28(22-10-6-4-7-11-22)33-37(31(26)39)24-12-8-5-9-13-24/h4-17,33H,3,18-21H2,1-2H3. The van der Waals surface area contributed by atoms with Crippen molar-refractivity contribution in [3.05, 3.63) is 107 Å². The Bertz CT molecular complexity index is 1660. The highest BCUT2D eigenvalue weighted by Gasteiger charge is 2.45. The van der Waals surface area contributed by atoms with Crippen LogP contribution in [0, 0.1) is 0 Å². The molecule has 1 aromatic heterocycles. The van der Waals surface area contributed by atoms with E-state index in [0.29, 0.717) is 35.9 Å². The number of para-hydroxylation sites is 1. The highest BCUT2D eigenvalue weighted by atomic mass is 16.5. The molecule has 0 aliphatic carbocycles. The predicted octanol–water partition coefficient (Wildman–Crippen LogP) is 3.76. The average molecular weight is 550 g/mol. The smallest absolute Gasteiger partial charge is 0.282 e. The highest BCUT2D eigenvalue weighted by molar-refractivity contribution is 6.46. The van der Waals surface area contributed by atoms with E-state index in [2.05, 4.69) is 16.9 Å². The molecule has 2 aliphatic heterocycles. The monoisotopic (exact) mass is 549 g/mol. The number of methoxy groups -OCH3 is 1. The van der Waals surface area contributed by atoms with E-state index >= 15 is 0 Å². The number of anilines is 1. The second kappa shape index (κ2) is 10.9. The quantitative estimate of drug-likeness (QED) is 0.353. The number of H-pyrrole nitrogens is 1. The van der Waals surface area contributed by atoms with Crippen LogP contribution < -0.4 is 15.2 Å². The maximum atomic E-state index is 14.3. The number of ether oxygens (including phenoxy) is 1. The molecular weight excluding hydrogens is 518 g/mol. The Morgan fingerprint density at radius 1 is 0.756 bits per heavy atom. The van der Waals surface area contributed by atoms with E-state index in [1.54, 1.807) is 31.4 Å². The van der Waals surface area contributed by atoms with Crippen molar-refractivity contribution in [1.82, 2.24) is 19.6 Å². The maximum Gasteiger partial charge on any atom is 0.282 e. The molecule has 0 bridgehead atoms. The van der Waals surface area contributed by atoms with Gasteiger partial charge in [-0.25, -0.2) is 9.58 Å². The van der Waals surface area contributed by atoms with Crippen molar-refractivity contribution < 1.29 is 14.3 Å². The van der Waals surface area contributed by atoms with E-state index in [9.17, 15) is 14.4 Å². The Hall–Kier alpha value is -4.89. The molecule has 1 fully saturated rings. The van der Waals surface area contributed by atoms with Gasteiger partial charge in [0, 0.05) is 31.7 Å². The molecule has 1 saturated heterocycles. The first-order chi connectivity index (χ1) is 20.0. The van der Waals surface area contributed by atoms with Crippen LogP contribution in [0.25, 0.3) is 22.5 Å². The molecule has 208 valence electrons. The highest BCUT2D eigenvalue weighted by Crippen LogP contribution is 2.38. The van der Waals surface area contributed by atoms with Crippen molar-refractivity contribution >= 4 is 23.1 Å². The topological polar surface area (TPSA) is 90.9 Å². The number of hydrogen-bond acceptors (Lipinski definition) is 6. The molecule has 0 spiro atoms. The third-order valence-electron chi connectivity index (χ3n) is 7.74. The lowest BCUT2D eigenvalue weighted by Crippen LogP contribution is -2.47. The van der Waals surface area contributed by atoms with Crippen molar-refractivity contribution in [2.24, 2.45) is 0 Å². The van der Waals surface area contributed by atoms with E-state index in [4.69, 9.17) is 4.74 Å². The Labute approximate surface area is 237 Å². The number of carbonyl (C=O) groups is 2. The van der Waals surface area contributed by atoms with Gasteiger partial charge in [0.15, 0.2) is 0 Å². The van der Waals surface area contributed by atoms with Gasteiger partial charge >= 0.3 is 0 Å². The van der Waals surface area contributed by atoms with Crippen LogP contribution in [0.5, 0.6) is 5.75 Å². The fourth-order valence-corrected chi connectivity index (χ4v) is 5.53. The Kier molecular flexibility index (Phi) is 7.03. The van der Waals surface area contributed by atoms with E-state index in [1.807, 2.05) is 65.6 Å². The minimum absolute atomic E-state index is 0.116. The lowest BCUT2D eigenvalue weighted by atomic mass is 9.99. The number of carbonyl (C=O) groups excluding carboxylic acids is 2. The number of hydrogen-bond donors (Lipinski definition) is 1. The number of amides is 2. The summed E-state index contributed by atoms with van der Waals surface area (Å²) in [4.78, 5) is 48.2. The van der Waals surface area contributed by atoms with E-state index in [0.717, 1.165) is 25.2 Å². The molecule has 41 heavy (non-hydrogen) atoms. The number of imide groups is 1. The van der Waals surface area contributed by atoms with Crippen LogP contribution >= 0.6 is 0 Å². The van der Waals surface area contributed by atoms with E-state index in [1.165, 1.54) is 9.58 Å². The third kappa shape index (κ3) is 4.64. The van der Waals surface area contributed by atoms with Gasteiger partial charge in [-0.15, -0.1) is 0 Å². The molecule has 6 rings (SSSR count). The van der Waals surface area contributed by atoms with Gasteiger partial charge in [-0.3, -0.25) is 19.5 Å². The summed E-state index contributed by atoms with van der Waals surface area (Å²) in [5.74, 6) is -0.354. The molecule has 2 amide bonds. The number of rotatable bonds is 7. The SMILES string of the molecule is CCN1CCN(C2=C(c3c(-c4ccccc4)[nH]n(-c4ccccc4)c3=O)C(=O)N(c3ccc(OC)cc3)C2=O)CC1. The van der Waals surface area contributed by atoms with Gasteiger partial charge in [0.05, 0.1) is 35.3 Å². The van der Waals surface area contributed by atoms with Crippen LogP contribution in [-0.2, 0) is 9.59 Å². The normalized spacial score (nSPS) is 16.1. The summed E-state index contributed by atoms with van der Waals surface area (Å²) in [7, 11) is 1.56. The zero-order valence-corrected chi connectivity index (χ0v) is 23.0. The van der Waals surface area contributed by atoms with Crippen LogP contribution in [0.3, 0.4) is 0 Å². The first-order valence-corrected chi connectivity index (χ1v) is 13.7. The second-order valence-corrected chi connectivity index (χ2v) is 9.99. The molecule has 4 aromatic rings. The summed E-state index contributed by atoms with van der Waals surface area (Å²) < 4.78 is 6.71. The maximum absolute atomic E-state index is 14.3. The van der Waals surface area contributed by atoms with Gasteiger partial charge < -0.3 is 14.5 Å². The zero-order valence-electron chi connectivity index (χ0n) is 23.0. The van der Waals surface area contributed by atoms with E-state index < -0.39 is 17.4 Å². The van der Waals surface area contributed by atoms with Crippen molar-refractivity contribution in [2.45, 2.75) is 6.92 Å². The summed E-state index contributed by atoms with van der Waals surface area (Å²) in [6.07, 6.45) is 0. The molecule has 3 heterocycles. The number of aromatic nitrogens is 2. The fraction of sp³-hybridized carbons (Fsp3) is 0.219. The Morgan fingerprint density at radius 2 is 1.39 bits per heavy atom. The first-order valence-electron chi connectivity index (χ1n) is 13.7. The van der Waals surface area contributed by atoms with Crippen molar-refractivity contribution in [2.75, 3.05) is 44.7 Å². The molecule has 9 nitrogen and oxygen atoms in total. The molecule has 2 aliphatic rings. The minimum atomic E-state index is -0.526. The number of nitrogens with zero attached hydrogens (tertiary/aromatic N) is 4. The number of piperazine rings is 1. The zero-order chi connectivity index (χ0) is 28.5. The Balaban J connectivity index is 1.57. The molecule has 1 N–H and O–H groups in total. The second-order valence-electron chi connectivity index (χ2n) is 9.99. The van der Waals surface area contributed by atoms with Gasteiger partial charge in [0.2, 0.25) is 0 Å². The molecule has 0 unspecified atom stereocenters. The van der Waals surface area contributed by atoms with Crippen molar-refractivity contribution in [3.63, 3.8) is 0 Å². The first kappa shape index (κ1) is 26.3. The van der Waals surface area contributed by atoms with Gasteiger partial charge in [-0.1, -0.05) is 55.5 Å². The summed E-state index contributed by atoms with van der Waals surface area (Å²) in [5.41, 5.74) is 2.43. The summed E-state index contributed by atoms with van der Waals surface area (Å²) in [6.45, 7) is 5.66. The van der Waals surface area contributed by atoms with Crippen molar-refractivity contribution in [1.29, 1.82) is 0 Å².